The van der Waals surface area contributed by atoms with Crippen molar-refractivity contribution in [2.75, 3.05) is 32.4 Å². The number of nitrogens with zero attached hydrogens (tertiary/aromatic N) is 2. The zero-order valence-electron chi connectivity index (χ0n) is 24.0. The van der Waals surface area contributed by atoms with Gasteiger partial charge in [0.05, 0.1) is 18.7 Å². The molecule has 1 aliphatic rings. The van der Waals surface area contributed by atoms with Gasteiger partial charge in [-0.3, -0.25) is 4.79 Å². The minimum atomic E-state index is -2.82. The lowest BCUT2D eigenvalue weighted by Crippen LogP contribution is -2.57. The van der Waals surface area contributed by atoms with Crippen molar-refractivity contribution in [3.05, 3.63) is 64.9 Å². The number of methoxy groups -OCH3 is 1. The number of anilines is 1. The Morgan fingerprint density at radius 3 is 2.45 bits per heavy atom. The van der Waals surface area contributed by atoms with E-state index in [4.69, 9.17) is 42.1 Å². The van der Waals surface area contributed by atoms with E-state index in [-0.39, 0.29) is 25.0 Å². The Labute approximate surface area is 255 Å². The van der Waals surface area contributed by atoms with Gasteiger partial charge in [0.15, 0.2) is 17.2 Å². The van der Waals surface area contributed by atoms with Gasteiger partial charge in [-0.25, -0.2) is 13.5 Å². The van der Waals surface area contributed by atoms with Gasteiger partial charge in [0.25, 0.3) is 11.8 Å². The van der Waals surface area contributed by atoms with E-state index in [2.05, 4.69) is 30.1 Å². The van der Waals surface area contributed by atoms with Gasteiger partial charge in [0, 0.05) is 56.1 Å². The molecule has 0 spiro atoms. The molecule has 1 heterocycles. The lowest BCUT2D eigenvalue weighted by atomic mass is 9.77. The predicted octanol–water partition coefficient (Wildman–Crippen LogP) is 7.40. The van der Waals surface area contributed by atoms with Crippen molar-refractivity contribution in [3.8, 4) is 17.2 Å². The monoisotopic (exact) mass is 641 g/mol. The quantitative estimate of drug-likeness (QED) is 0.0854. The minimum Gasteiger partial charge on any atom is -0.493 e. The second-order valence-corrected chi connectivity index (χ2v) is 17.9. The minimum absolute atomic E-state index is 0.0793. The summed E-state index contributed by atoms with van der Waals surface area (Å²) in [5.74, 6) is -2.57. The molecular weight excluding hydrogens is 607 g/mol. The first-order chi connectivity index (χ1) is 19.8. The lowest BCUT2D eigenvalue weighted by Gasteiger charge is -2.46. The van der Waals surface area contributed by atoms with Crippen LogP contribution in [0.1, 0.15) is 28.9 Å². The Morgan fingerprint density at radius 2 is 1.83 bits per heavy atom. The Kier molecular flexibility index (Phi) is 10.2. The molecule has 1 fully saturated rings. The van der Waals surface area contributed by atoms with E-state index in [0.29, 0.717) is 34.4 Å². The molecule has 1 aromatic heterocycles. The molecule has 1 aliphatic carbocycles. The first-order valence-electron chi connectivity index (χ1n) is 13.4. The lowest BCUT2D eigenvalue weighted by molar-refractivity contribution is -0.264. The number of benzene rings is 2. The number of amides is 1. The molecule has 8 nitrogen and oxygen atoms in total. The van der Waals surface area contributed by atoms with E-state index in [1.54, 1.807) is 53.3 Å². The van der Waals surface area contributed by atoms with Crippen LogP contribution in [-0.2, 0) is 15.4 Å². The van der Waals surface area contributed by atoms with E-state index < -0.39 is 38.3 Å². The summed E-state index contributed by atoms with van der Waals surface area (Å²) >= 11 is 12.1. The summed E-state index contributed by atoms with van der Waals surface area (Å²) < 4.78 is 52.0. The number of aromatic nitrogens is 2. The molecular formula is C29H35Cl2F2N3O5Si. The summed E-state index contributed by atoms with van der Waals surface area (Å²) in [4.78, 5) is 13.1. The fourth-order valence-corrected chi connectivity index (χ4v) is 5.51. The van der Waals surface area contributed by atoms with Gasteiger partial charge in [-0.05, 0) is 42.4 Å². The van der Waals surface area contributed by atoms with E-state index in [9.17, 15) is 13.6 Å². The topological polar surface area (TPSA) is 83.8 Å². The summed E-state index contributed by atoms with van der Waals surface area (Å²) in [7, 11) is 0.173. The second-order valence-electron chi connectivity index (χ2n) is 11.5. The van der Waals surface area contributed by atoms with Crippen LogP contribution in [0.4, 0.5) is 14.5 Å². The maximum atomic E-state index is 13.9. The van der Waals surface area contributed by atoms with Crippen LogP contribution in [0.25, 0.3) is 5.69 Å². The van der Waals surface area contributed by atoms with Gasteiger partial charge >= 0.3 is 0 Å². The number of alkyl halides is 3. The fourth-order valence-electron chi connectivity index (χ4n) is 4.43. The molecule has 0 radical (unpaired) electrons. The summed E-state index contributed by atoms with van der Waals surface area (Å²) in [5, 5.41) is 7.79. The molecule has 3 aromatic rings. The van der Waals surface area contributed by atoms with Crippen LogP contribution in [0.3, 0.4) is 0 Å². The number of carbonyl (C=O) groups excluding carboxylic acids is 1. The van der Waals surface area contributed by atoms with Crippen LogP contribution in [0.2, 0.25) is 30.7 Å². The highest BCUT2D eigenvalue weighted by Gasteiger charge is 2.58. The van der Waals surface area contributed by atoms with Crippen molar-refractivity contribution in [2.24, 2.45) is 0 Å². The molecule has 4 rings (SSSR count). The molecule has 0 atom stereocenters. The number of halogens is 4. The molecule has 1 amide bonds. The third kappa shape index (κ3) is 8.44. The summed E-state index contributed by atoms with van der Waals surface area (Å²) in [5.41, 5.74) is 0.681. The maximum Gasteiger partial charge on any atom is 0.276 e. The van der Waals surface area contributed by atoms with Gasteiger partial charge < -0.3 is 24.3 Å². The van der Waals surface area contributed by atoms with Gasteiger partial charge in [0.1, 0.15) is 19.0 Å². The Hall–Kier alpha value is -2.70. The van der Waals surface area contributed by atoms with Gasteiger partial charge in [-0.2, -0.15) is 5.10 Å². The average Bonchev–Trinajstić information content (AvgIpc) is 3.35. The Balaban J connectivity index is 1.40. The van der Waals surface area contributed by atoms with E-state index in [1.807, 2.05) is 0 Å². The predicted molar refractivity (Wildman–Crippen MR) is 162 cm³/mol. The first-order valence-corrected chi connectivity index (χ1v) is 18.1. The maximum absolute atomic E-state index is 13.9. The largest absolute Gasteiger partial charge is 0.493 e. The highest BCUT2D eigenvalue weighted by atomic mass is 35.5. The van der Waals surface area contributed by atoms with E-state index in [1.165, 1.54) is 7.11 Å². The molecule has 2 aromatic carbocycles. The van der Waals surface area contributed by atoms with Crippen molar-refractivity contribution in [1.29, 1.82) is 0 Å². The number of ether oxygens (including phenoxy) is 4. The van der Waals surface area contributed by atoms with Crippen molar-refractivity contribution in [1.82, 2.24) is 9.78 Å². The Bertz CT molecular complexity index is 1370. The molecule has 42 heavy (non-hydrogen) atoms. The smallest absolute Gasteiger partial charge is 0.276 e. The van der Waals surface area contributed by atoms with Crippen molar-refractivity contribution in [3.63, 3.8) is 0 Å². The number of nitrogens with one attached hydrogen (secondary N) is 1. The van der Waals surface area contributed by atoms with Crippen molar-refractivity contribution >= 4 is 42.9 Å². The van der Waals surface area contributed by atoms with Crippen molar-refractivity contribution < 1.29 is 32.5 Å². The molecule has 0 bridgehead atoms. The standard InChI is InChI=1S/C29H35Cl2F2N3O5Si/c1-38-25-13-22(34-27(37)26-20(14-30)15-36(35-26)23-8-5-21(31)6-9-23)7-10-24(25)40-18-28(16-29(32,33)17-28)41-19-39-11-12-42(2,3)4/h5-10,13,15H,11-12,14,16-19H2,1-4H3,(H,34,37). The van der Waals surface area contributed by atoms with Gasteiger partial charge in [0.2, 0.25) is 0 Å². The zero-order valence-corrected chi connectivity index (χ0v) is 26.5. The second kappa shape index (κ2) is 13.3. The normalized spacial score (nSPS) is 15.6. The van der Waals surface area contributed by atoms with Crippen LogP contribution < -0.4 is 14.8 Å². The summed E-state index contributed by atoms with van der Waals surface area (Å²) in [6.45, 7) is 7.04. The number of hydrogen-bond donors (Lipinski definition) is 1. The SMILES string of the molecule is COc1cc(NC(=O)c2nn(-c3ccc(Cl)cc3)cc2CCl)ccc1OCC1(OCOCC[Si](C)(C)C)CC(F)(F)C1. The third-order valence-electron chi connectivity index (χ3n) is 6.76. The van der Waals surface area contributed by atoms with Crippen LogP contribution in [0, 0.1) is 0 Å². The molecule has 1 saturated carbocycles. The van der Waals surface area contributed by atoms with Gasteiger partial charge in [-0.1, -0.05) is 31.2 Å². The van der Waals surface area contributed by atoms with E-state index >= 15 is 0 Å². The molecule has 1 N–H and O–H groups in total. The van der Waals surface area contributed by atoms with Gasteiger partial charge in [-0.15, -0.1) is 11.6 Å². The highest BCUT2D eigenvalue weighted by molar-refractivity contribution is 6.76. The van der Waals surface area contributed by atoms with Crippen LogP contribution in [0.5, 0.6) is 11.5 Å². The number of hydrogen-bond acceptors (Lipinski definition) is 6. The molecule has 228 valence electrons. The molecule has 0 saturated heterocycles. The number of carbonyl (C=O) groups is 1. The average molecular weight is 643 g/mol. The molecule has 0 aliphatic heterocycles. The first kappa shape index (κ1) is 32.2. The molecule has 0 unspecified atom stereocenters. The van der Waals surface area contributed by atoms with Crippen LogP contribution >= 0.6 is 23.2 Å². The zero-order chi connectivity index (χ0) is 30.5. The fraction of sp³-hybridized carbons (Fsp3) is 0.448. The Morgan fingerprint density at radius 1 is 1.12 bits per heavy atom. The van der Waals surface area contributed by atoms with Crippen LogP contribution in [0.15, 0.2) is 48.7 Å². The summed E-state index contributed by atoms with van der Waals surface area (Å²) in [6.07, 6.45) is 0.765. The van der Waals surface area contributed by atoms with Crippen LogP contribution in [-0.4, -0.2) is 62.4 Å². The highest BCUT2D eigenvalue weighted by Crippen LogP contribution is 2.48. The summed E-state index contributed by atoms with van der Waals surface area (Å²) in [6, 6.07) is 12.7. The third-order valence-corrected chi connectivity index (χ3v) is 9.00. The van der Waals surface area contributed by atoms with E-state index in [0.717, 1.165) is 11.7 Å². The van der Waals surface area contributed by atoms with Crippen molar-refractivity contribution in [2.45, 2.75) is 55.9 Å². The molecule has 13 heteroatoms. The number of rotatable bonds is 14.